The predicted molar refractivity (Wildman–Crippen MR) is 44.7 cm³/mol. The molecule has 0 aliphatic carbocycles. The van der Waals surface area contributed by atoms with E-state index in [9.17, 15) is 9.59 Å². The van der Waals surface area contributed by atoms with E-state index in [0.717, 1.165) is 11.0 Å². The van der Waals surface area contributed by atoms with Gasteiger partial charge >= 0.3 is 5.97 Å². The van der Waals surface area contributed by atoms with Crippen LogP contribution in [0.3, 0.4) is 0 Å². The van der Waals surface area contributed by atoms with Crippen LogP contribution in [0.4, 0.5) is 0 Å². The number of nitrogens with zero attached hydrogens (tertiary/aromatic N) is 1. The Balaban J connectivity index is 4.40. The van der Waals surface area contributed by atoms with E-state index < -0.39 is 12.0 Å². The molecular formula is C8H13NO3. The van der Waals surface area contributed by atoms with E-state index in [1.165, 1.54) is 7.05 Å². The van der Waals surface area contributed by atoms with E-state index in [2.05, 4.69) is 6.58 Å². The summed E-state index contributed by atoms with van der Waals surface area (Å²) in [5.74, 6) is -1.36. The zero-order chi connectivity index (χ0) is 9.72. The number of hydrogen-bond acceptors (Lipinski definition) is 2. The van der Waals surface area contributed by atoms with Gasteiger partial charge in [0.15, 0.2) is 0 Å². The maximum Gasteiger partial charge on any atom is 0.326 e. The van der Waals surface area contributed by atoms with E-state index in [4.69, 9.17) is 5.11 Å². The second kappa shape index (κ2) is 4.54. The molecule has 0 bridgehead atoms. The van der Waals surface area contributed by atoms with Gasteiger partial charge in [-0.25, -0.2) is 4.79 Å². The topological polar surface area (TPSA) is 57.6 Å². The van der Waals surface area contributed by atoms with Crippen molar-refractivity contribution < 1.29 is 14.7 Å². The van der Waals surface area contributed by atoms with Crippen molar-refractivity contribution in [3.8, 4) is 0 Å². The average molecular weight is 171 g/mol. The van der Waals surface area contributed by atoms with Gasteiger partial charge in [0.1, 0.15) is 6.04 Å². The highest BCUT2D eigenvalue weighted by Crippen LogP contribution is 2.02. The molecule has 1 amide bonds. The minimum absolute atomic E-state index is 0.371. The third-order valence-corrected chi connectivity index (χ3v) is 1.66. The number of hydrogen-bond donors (Lipinski definition) is 1. The van der Waals surface area contributed by atoms with Crippen LogP contribution in [0, 0.1) is 0 Å². The van der Waals surface area contributed by atoms with E-state index >= 15 is 0 Å². The number of rotatable bonds is 4. The Kier molecular flexibility index (Phi) is 4.04. The summed E-state index contributed by atoms with van der Waals surface area (Å²) in [6, 6.07) is -0.754. The van der Waals surface area contributed by atoms with Crippen LogP contribution in [0.15, 0.2) is 12.7 Å². The molecule has 0 aromatic carbocycles. The molecule has 0 saturated carbocycles. The number of carbonyl (C=O) groups excluding carboxylic acids is 1. The first kappa shape index (κ1) is 10.7. The van der Waals surface area contributed by atoms with Crippen LogP contribution in [0.1, 0.15) is 13.3 Å². The lowest BCUT2D eigenvalue weighted by atomic mass is 10.2. The van der Waals surface area contributed by atoms with Gasteiger partial charge in [0, 0.05) is 7.05 Å². The second-order valence-electron chi connectivity index (χ2n) is 2.42. The number of amides is 1. The maximum absolute atomic E-state index is 11.0. The third-order valence-electron chi connectivity index (χ3n) is 1.66. The molecule has 1 N–H and O–H groups in total. The molecule has 0 aliphatic rings. The summed E-state index contributed by atoms with van der Waals surface area (Å²) in [4.78, 5) is 22.7. The molecule has 0 radical (unpaired) electrons. The van der Waals surface area contributed by atoms with Gasteiger partial charge in [-0.05, 0) is 12.5 Å². The summed E-state index contributed by atoms with van der Waals surface area (Å²) in [7, 11) is 1.45. The highest BCUT2D eigenvalue weighted by molar-refractivity contribution is 5.90. The smallest absolute Gasteiger partial charge is 0.326 e. The first-order valence-corrected chi connectivity index (χ1v) is 3.66. The minimum Gasteiger partial charge on any atom is -0.480 e. The zero-order valence-electron chi connectivity index (χ0n) is 7.28. The molecule has 0 aromatic rings. The Labute approximate surface area is 71.5 Å². The molecule has 0 spiro atoms. The van der Waals surface area contributed by atoms with Crippen LogP contribution in [0.2, 0.25) is 0 Å². The minimum atomic E-state index is -0.991. The standard InChI is InChI=1S/C8H13NO3/c1-4-6(8(11)12)9(3)7(10)5-2/h5-6H,2,4H2,1,3H3,(H,11,12). The van der Waals surface area contributed by atoms with Gasteiger partial charge in [-0.3, -0.25) is 4.79 Å². The number of likely N-dealkylation sites (N-methyl/N-ethyl adjacent to an activating group) is 1. The second-order valence-corrected chi connectivity index (χ2v) is 2.42. The number of carboxylic acid groups (broad SMARTS) is 1. The Morgan fingerprint density at radius 1 is 1.67 bits per heavy atom. The molecule has 0 rings (SSSR count). The molecular weight excluding hydrogens is 158 g/mol. The van der Waals surface area contributed by atoms with Crippen LogP contribution < -0.4 is 0 Å². The molecule has 1 atom stereocenters. The lowest BCUT2D eigenvalue weighted by molar-refractivity contribution is -0.147. The summed E-state index contributed by atoms with van der Waals surface area (Å²) >= 11 is 0. The summed E-state index contributed by atoms with van der Waals surface area (Å²) in [6.45, 7) is 4.99. The van der Waals surface area contributed by atoms with E-state index in [-0.39, 0.29) is 5.91 Å². The van der Waals surface area contributed by atoms with Crippen molar-refractivity contribution in [2.24, 2.45) is 0 Å². The van der Waals surface area contributed by atoms with Crippen molar-refractivity contribution in [3.05, 3.63) is 12.7 Å². The van der Waals surface area contributed by atoms with E-state index in [0.29, 0.717) is 6.42 Å². The molecule has 0 fully saturated rings. The molecule has 0 saturated heterocycles. The molecule has 68 valence electrons. The molecule has 0 heterocycles. The third kappa shape index (κ3) is 2.38. The van der Waals surface area contributed by atoms with Gasteiger partial charge in [0.05, 0.1) is 0 Å². The molecule has 4 nitrogen and oxygen atoms in total. The van der Waals surface area contributed by atoms with E-state index in [1.54, 1.807) is 6.92 Å². The van der Waals surface area contributed by atoms with Gasteiger partial charge in [-0.1, -0.05) is 13.5 Å². The Morgan fingerprint density at radius 3 is 2.42 bits per heavy atom. The molecule has 4 heteroatoms. The average Bonchev–Trinajstić information content (AvgIpc) is 2.03. The number of aliphatic carboxylic acids is 1. The summed E-state index contributed by atoms with van der Waals surface area (Å²) in [6.07, 6.45) is 1.50. The fourth-order valence-corrected chi connectivity index (χ4v) is 0.912. The lowest BCUT2D eigenvalue weighted by Gasteiger charge is -2.21. The van der Waals surface area contributed by atoms with Crippen molar-refractivity contribution in [2.75, 3.05) is 7.05 Å². The summed E-state index contributed by atoms with van der Waals surface area (Å²) in [5, 5.41) is 8.66. The highest BCUT2D eigenvalue weighted by Gasteiger charge is 2.22. The van der Waals surface area contributed by atoms with Gasteiger partial charge in [-0.15, -0.1) is 0 Å². The zero-order valence-corrected chi connectivity index (χ0v) is 7.28. The number of carboxylic acids is 1. The molecule has 0 aromatic heterocycles. The number of carbonyl (C=O) groups is 2. The molecule has 12 heavy (non-hydrogen) atoms. The Bertz CT molecular complexity index is 200. The quantitative estimate of drug-likeness (QED) is 0.626. The summed E-state index contributed by atoms with van der Waals surface area (Å²) in [5.41, 5.74) is 0. The fourth-order valence-electron chi connectivity index (χ4n) is 0.912. The fraction of sp³-hybridized carbons (Fsp3) is 0.500. The Hall–Kier alpha value is -1.32. The predicted octanol–water partition coefficient (Wildman–Crippen LogP) is 0.494. The summed E-state index contributed by atoms with van der Waals surface area (Å²) < 4.78 is 0. The van der Waals surface area contributed by atoms with Gasteiger partial charge in [0.25, 0.3) is 0 Å². The van der Waals surface area contributed by atoms with Crippen LogP contribution >= 0.6 is 0 Å². The van der Waals surface area contributed by atoms with Crippen LogP contribution in [-0.2, 0) is 9.59 Å². The first-order valence-electron chi connectivity index (χ1n) is 3.66. The van der Waals surface area contributed by atoms with Crippen molar-refractivity contribution in [2.45, 2.75) is 19.4 Å². The highest BCUT2D eigenvalue weighted by atomic mass is 16.4. The first-order chi connectivity index (χ1) is 5.54. The monoisotopic (exact) mass is 171 g/mol. The maximum atomic E-state index is 11.0. The largest absolute Gasteiger partial charge is 0.480 e. The van der Waals surface area contributed by atoms with Crippen LogP contribution in [-0.4, -0.2) is 35.0 Å². The SMILES string of the molecule is C=CC(=O)N(C)C(CC)C(=O)O. The lowest BCUT2D eigenvalue weighted by Crippen LogP contribution is -2.41. The van der Waals surface area contributed by atoms with Crippen molar-refractivity contribution in [1.82, 2.24) is 4.90 Å². The van der Waals surface area contributed by atoms with Crippen molar-refractivity contribution in [1.29, 1.82) is 0 Å². The van der Waals surface area contributed by atoms with E-state index in [1.807, 2.05) is 0 Å². The normalized spacial score (nSPS) is 11.8. The van der Waals surface area contributed by atoms with Gasteiger partial charge in [-0.2, -0.15) is 0 Å². The van der Waals surface area contributed by atoms with Crippen molar-refractivity contribution in [3.63, 3.8) is 0 Å². The van der Waals surface area contributed by atoms with Crippen LogP contribution in [0.5, 0.6) is 0 Å². The molecule has 1 unspecified atom stereocenters. The van der Waals surface area contributed by atoms with Gasteiger partial charge < -0.3 is 10.0 Å². The molecule has 0 aliphatic heterocycles. The Morgan fingerprint density at radius 2 is 2.17 bits per heavy atom. The van der Waals surface area contributed by atoms with Gasteiger partial charge in [0.2, 0.25) is 5.91 Å². The van der Waals surface area contributed by atoms with Crippen LogP contribution in [0.25, 0.3) is 0 Å². The van der Waals surface area contributed by atoms with Crippen molar-refractivity contribution >= 4 is 11.9 Å².